The molecule has 0 spiro atoms. The molecule has 0 saturated heterocycles. The van der Waals surface area contributed by atoms with E-state index >= 15 is 0 Å². The Hall–Kier alpha value is -1.11. The molecule has 0 unspecified atom stereocenters. The Kier molecular flexibility index (Phi) is 5.18. The number of rotatable bonds is 6. The molecule has 0 saturated carbocycles. The van der Waals surface area contributed by atoms with Gasteiger partial charge in [0.15, 0.2) is 5.13 Å². The Morgan fingerprint density at radius 1 is 1.37 bits per heavy atom. The summed E-state index contributed by atoms with van der Waals surface area (Å²) in [5.41, 5.74) is 5.60. The van der Waals surface area contributed by atoms with E-state index in [4.69, 9.17) is 10.5 Å². The van der Waals surface area contributed by atoms with Crippen molar-refractivity contribution in [2.45, 2.75) is 6.54 Å². The lowest BCUT2D eigenvalue weighted by Gasteiger charge is -2.15. The summed E-state index contributed by atoms with van der Waals surface area (Å²) in [5.74, 6) is 0.888. The first-order valence-corrected chi connectivity index (χ1v) is 7.51. The van der Waals surface area contributed by atoms with Crippen LogP contribution in [-0.4, -0.2) is 30.1 Å². The molecular weight excluding hydrogens is 326 g/mol. The van der Waals surface area contributed by atoms with Gasteiger partial charge in [-0.25, -0.2) is 4.98 Å². The highest BCUT2D eigenvalue weighted by atomic mass is 79.9. The van der Waals surface area contributed by atoms with E-state index in [1.54, 1.807) is 0 Å². The van der Waals surface area contributed by atoms with Crippen molar-refractivity contribution in [2.75, 3.05) is 25.9 Å². The summed E-state index contributed by atoms with van der Waals surface area (Å²) in [5, 5.41) is 0.620. The maximum atomic E-state index is 5.68. The fraction of sp³-hybridized carbons (Fsp3) is 0.308. The molecule has 2 rings (SSSR count). The highest BCUT2D eigenvalue weighted by Gasteiger charge is 2.04. The van der Waals surface area contributed by atoms with Crippen molar-refractivity contribution in [1.29, 1.82) is 0 Å². The highest BCUT2D eigenvalue weighted by molar-refractivity contribution is 9.10. The molecule has 6 heteroatoms. The third kappa shape index (κ3) is 4.81. The Labute approximate surface area is 125 Å². The Bertz CT molecular complexity index is 515. The molecular formula is C13H16BrN3OS. The quantitative estimate of drug-likeness (QED) is 0.877. The van der Waals surface area contributed by atoms with Gasteiger partial charge in [0.05, 0.1) is 0 Å². The van der Waals surface area contributed by atoms with Crippen LogP contribution in [0.1, 0.15) is 4.88 Å². The lowest BCUT2D eigenvalue weighted by atomic mass is 10.3. The number of hydrogen-bond acceptors (Lipinski definition) is 5. The van der Waals surface area contributed by atoms with E-state index in [0.29, 0.717) is 11.7 Å². The van der Waals surface area contributed by atoms with Gasteiger partial charge in [0.2, 0.25) is 0 Å². The maximum absolute atomic E-state index is 5.68. The van der Waals surface area contributed by atoms with Crippen molar-refractivity contribution in [2.24, 2.45) is 0 Å². The second kappa shape index (κ2) is 6.88. The van der Waals surface area contributed by atoms with Gasteiger partial charge in [-0.2, -0.15) is 0 Å². The van der Waals surface area contributed by atoms with Crippen LogP contribution in [0.15, 0.2) is 34.9 Å². The molecule has 0 amide bonds. The van der Waals surface area contributed by atoms with Crippen LogP contribution in [0.4, 0.5) is 5.13 Å². The molecule has 1 heterocycles. The minimum Gasteiger partial charge on any atom is -0.492 e. The van der Waals surface area contributed by atoms with Gasteiger partial charge in [-0.15, -0.1) is 11.3 Å². The number of anilines is 1. The van der Waals surface area contributed by atoms with Crippen molar-refractivity contribution in [3.05, 3.63) is 39.8 Å². The molecule has 4 nitrogen and oxygen atoms in total. The zero-order chi connectivity index (χ0) is 13.7. The summed E-state index contributed by atoms with van der Waals surface area (Å²) >= 11 is 4.92. The number of nitrogen functional groups attached to an aromatic ring is 1. The molecule has 0 aliphatic rings. The minimum absolute atomic E-state index is 0.620. The maximum Gasteiger partial charge on any atom is 0.180 e. The van der Waals surface area contributed by atoms with E-state index in [2.05, 4.69) is 32.9 Å². The number of halogens is 1. The van der Waals surface area contributed by atoms with Gasteiger partial charge in [0.25, 0.3) is 0 Å². The molecule has 102 valence electrons. The fourth-order valence-electron chi connectivity index (χ4n) is 1.59. The Balaban J connectivity index is 1.71. The summed E-state index contributed by atoms with van der Waals surface area (Å²) in [4.78, 5) is 7.40. The molecule has 2 N–H and O–H groups in total. The standard InChI is InChI=1S/C13H16BrN3OS/c1-17(9-12-8-16-13(15)19-12)6-7-18-11-4-2-10(14)3-5-11/h2-5,8H,6-7,9H2,1H3,(H2,15,16). The van der Waals surface area contributed by atoms with Gasteiger partial charge in [-0.1, -0.05) is 15.9 Å². The van der Waals surface area contributed by atoms with E-state index in [1.165, 1.54) is 16.2 Å². The van der Waals surface area contributed by atoms with Crippen LogP contribution in [0.3, 0.4) is 0 Å². The lowest BCUT2D eigenvalue weighted by Crippen LogP contribution is -2.23. The van der Waals surface area contributed by atoms with Gasteiger partial charge in [-0.3, -0.25) is 4.90 Å². The van der Waals surface area contributed by atoms with Gasteiger partial charge >= 0.3 is 0 Å². The molecule has 1 aromatic heterocycles. The predicted molar refractivity (Wildman–Crippen MR) is 82.5 cm³/mol. The normalized spacial score (nSPS) is 10.9. The zero-order valence-corrected chi connectivity index (χ0v) is 13.1. The summed E-state index contributed by atoms with van der Waals surface area (Å²) in [6, 6.07) is 7.85. The molecule has 0 radical (unpaired) electrons. The SMILES string of the molecule is CN(CCOc1ccc(Br)cc1)Cc1cnc(N)s1. The van der Waals surface area contributed by atoms with E-state index < -0.39 is 0 Å². The van der Waals surface area contributed by atoms with E-state index in [9.17, 15) is 0 Å². The van der Waals surface area contributed by atoms with Crippen molar-refractivity contribution >= 4 is 32.4 Å². The highest BCUT2D eigenvalue weighted by Crippen LogP contribution is 2.17. The number of likely N-dealkylation sites (N-methyl/N-ethyl adjacent to an activating group) is 1. The van der Waals surface area contributed by atoms with Crippen LogP contribution in [-0.2, 0) is 6.54 Å². The average Bonchev–Trinajstić information content (AvgIpc) is 2.77. The number of benzene rings is 1. The number of thiazole rings is 1. The number of nitrogens with zero attached hydrogens (tertiary/aromatic N) is 2. The van der Waals surface area contributed by atoms with E-state index in [-0.39, 0.29) is 0 Å². The third-order valence-electron chi connectivity index (χ3n) is 2.55. The zero-order valence-electron chi connectivity index (χ0n) is 10.7. The first kappa shape index (κ1) is 14.3. The molecule has 0 aliphatic carbocycles. The van der Waals surface area contributed by atoms with E-state index in [0.717, 1.165) is 23.3 Å². The van der Waals surface area contributed by atoms with Gasteiger partial charge < -0.3 is 10.5 Å². The number of aromatic nitrogens is 1. The molecule has 0 aliphatic heterocycles. The second-order valence-corrected chi connectivity index (χ2v) is 6.27. The van der Waals surface area contributed by atoms with E-state index in [1.807, 2.05) is 30.5 Å². The molecule has 2 aromatic rings. The Morgan fingerprint density at radius 3 is 2.74 bits per heavy atom. The largest absolute Gasteiger partial charge is 0.492 e. The number of ether oxygens (including phenoxy) is 1. The third-order valence-corrected chi connectivity index (χ3v) is 3.89. The topological polar surface area (TPSA) is 51.4 Å². The lowest BCUT2D eigenvalue weighted by molar-refractivity contribution is 0.234. The molecule has 19 heavy (non-hydrogen) atoms. The van der Waals surface area contributed by atoms with Gasteiger partial charge in [0, 0.05) is 28.6 Å². The number of hydrogen-bond donors (Lipinski definition) is 1. The first-order chi connectivity index (χ1) is 9.13. The predicted octanol–water partition coefficient (Wildman–Crippen LogP) is 3.00. The van der Waals surface area contributed by atoms with Gasteiger partial charge in [-0.05, 0) is 31.3 Å². The summed E-state index contributed by atoms with van der Waals surface area (Å²) in [6.07, 6.45) is 1.83. The average molecular weight is 342 g/mol. The van der Waals surface area contributed by atoms with Crippen molar-refractivity contribution in [3.63, 3.8) is 0 Å². The van der Waals surface area contributed by atoms with Crippen molar-refractivity contribution in [3.8, 4) is 5.75 Å². The van der Waals surface area contributed by atoms with Crippen LogP contribution in [0.25, 0.3) is 0 Å². The van der Waals surface area contributed by atoms with Gasteiger partial charge in [0.1, 0.15) is 12.4 Å². The molecule has 0 bridgehead atoms. The summed E-state index contributed by atoms with van der Waals surface area (Å²) in [7, 11) is 2.06. The monoisotopic (exact) mass is 341 g/mol. The molecule has 1 aromatic carbocycles. The van der Waals surface area contributed by atoms with Crippen LogP contribution in [0.5, 0.6) is 5.75 Å². The first-order valence-electron chi connectivity index (χ1n) is 5.90. The molecule has 0 fully saturated rings. The Morgan fingerprint density at radius 2 is 2.11 bits per heavy atom. The van der Waals surface area contributed by atoms with Crippen LogP contribution in [0, 0.1) is 0 Å². The van der Waals surface area contributed by atoms with Crippen LogP contribution < -0.4 is 10.5 Å². The minimum atomic E-state index is 0.620. The summed E-state index contributed by atoms with van der Waals surface area (Å²) < 4.78 is 6.73. The second-order valence-electron chi connectivity index (χ2n) is 4.20. The van der Waals surface area contributed by atoms with Crippen molar-refractivity contribution in [1.82, 2.24) is 9.88 Å². The van der Waals surface area contributed by atoms with Crippen molar-refractivity contribution < 1.29 is 4.74 Å². The summed E-state index contributed by atoms with van der Waals surface area (Å²) in [6.45, 7) is 2.36. The molecule has 0 atom stereocenters. The number of nitrogens with two attached hydrogens (primary N) is 1. The fourth-order valence-corrected chi connectivity index (χ4v) is 2.62. The van der Waals surface area contributed by atoms with Crippen LogP contribution in [0.2, 0.25) is 0 Å². The van der Waals surface area contributed by atoms with Crippen LogP contribution >= 0.6 is 27.3 Å². The smallest absolute Gasteiger partial charge is 0.180 e.